The molecular weight excluding hydrogens is 767 g/mol. The van der Waals surface area contributed by atoms with E-state index >= 15 is 0 Å². The summed E-state index contributed by atoms with van der Waals surface area (Å²) >= 11 is 0. The van der Waals surface area contributed by atoms with Crippen molar-refractivity contribution in [1.82, 2.24) is 0 Å². The minimum absolute atomic E-state index is 0.652. The SMILES string of the molecule is c1ccc(-c2ccc(N(c3cccc(-c4cccc(-c5ccccc5)c4)c3)c3ccc4oc5ccc6c7ccccc7c7ccccc7c7ccccc7c6c5oc4c3)cc2)cc1. The summed E-state index contributed by atoms with van der Waals surface area (Å²) in [5.41, 5.74) is 12.7. The molecule has 0 atom stereocenters. The van der Waals surface area contributed by atoms with E-state index in [0.717, 1.165) is 60.7 Å². The summed E-state index contributed by atoms with van der Waals surface area (Å²) in [6.07, 6.45) is 0. The number of hydrogen-bond donors (Lipinski definition) is 0. The van der Waals surface area contributed by atoms with Crippen LogP contribution in [0, 0.1) is 0 Å². The molecule has 12 aromatic rings. The van der Waals surface area contributed by atoms with E-state index in [4.69, 9.17) is 8.83 Å². The number of hydrogen-bond acceptors (Lipinski definition) is 3. The van der Waals surface area contributed by atoms with Crippen molar-refractivity contribution in [1.29, 1.82) is 0 Å². The third-order valence-corrected chi connectivity index (χ3v) is 12.3. The van der Waals surface area contributed by atoms with Gasteiger partial charge >= 0.3 is 0 Å². The first-order valence-corrected chi connectivity index (χ1v) is 21.4. The maximum absolute atomic E-state index is 7.17. The minimum atomic E-state index is 0.652. The molecule has 0 aliphatic heterocycles. The van der Waals surface area contributed by atoms with Crippen molar-refractivity contribution in [2.75, 3.05) is 4.90 Å². The van der Waals surface area contributed by atoms with Gasteiger partial charge in [0.2, 0.25) is 0 Å². The Kier molecular flexibility index (Phi) is 8.83. The zero-order chi connectivity index (χ0) is 41.7. The fraction of sp³-hybridized carbons (Fsp3) is 0. The zero-order valence-corrected chi connectivity index (χ0v) is 34.3. The largest absolute Gasteiger partial charge is 0.449 e. The molecule has 1 aromatic heterocycles. The van der Waals surface area contributed by atoms with E-state index in [2.05, 4.69) is 235 Å². The fourth-order valence-corrected chi connectivity index (χ4v) is 9.32. The average molecular weight is 806 g/mol. The molecule has 296 valence electrons. The summed E-state index contributed by atoms with van der Waals surface area (Å²) in [6.45, 7) is 0. The molecule has 3 heteroatoms. The maximum Gasteiger partial charge on any atom is 0.178 e. The summed E-state index contributed by atoms with van der Waals surface area (Å²) in [7, 11) is 0. The van der Waals surface area contributed by atoms with Gasteiger partial charge < -0.3 is 13.7 Å². The van der Waals surface area contributed by atoms with Crippen LogP contribution in [0.5, 0.6) is 0 Å². The predicted molar refractivity (Wildman–Crippen MR) is 265 cm³/mol. The Morgan fingerprint density at radius 3 is 1.30 bits per heavy atom. The lowest BCUT2D eigenvalue weighted by Gasteiger charge is -2.26. The molecule has 0 radical (unpaired) electrons. The average Bonchev–Trinajstić information content (AvgIpc) is 3.36. The van der Waals surface area contributed by atoms with Gasteiger partial charge in [0.15, 0.2) is 22.3 Å². The Bertz CT molecular complexity index is 3680. The zero-order valence-electron chi connectivity index (χ0n) is 34.3. The van der Waals surface area contributed by atoms with E-state index in [1.54, 1.807) is 0 Å². The van der Waals surface area contributed by atoms with Gasteiger partial charge in [0, 0.05) is 22.8 Å². The summed E-state index contributed by atoms with van der Waals surface area (Å²) in [4.78, 5) is 2.30. The first-order chi connectivity index (χ1) is 31.2. The standard InChI is InChI=1S/C60H39NO2/c1-3-15-40(16-4-1)42-29-31-46(32-30-42)61(47-22-14-21-45(38-47)44-20-13-19-43(37-44)41-17-5-2-6-18-41)48-33-35-56-58(39-48)63-60-57(62-56)36-34-55-53-27-10-9-25-51(53)49-23-7-8-24-50(49)52-26-11-12-28-54(52)59(55)60/h1-39H. The van der Waals surface area contributed by atoms with Crippen molar-refractivity contribution in [3.8, 4) is 33.4 Å². The highest BCUT2D eigenvalue weighted by atomic mass is 16.4. The second kappa shape index (κ2) is 15.3. The van der Waals surface area contributed by atoms with Gasteiger partial charge in [-0.25, -0.2) is 0 Å². The Morgan fingerprint density at radius 1 is 0.238 bits per heavy atom. The first-order valence-electron chi connectivity index (χ1n) is 21.4. The highest BCUT2D eigenvalue weighted by Crippen LogP contribution is 2.42. The van der Waals surface area contributed by atoms with Crippen molar-refractivity contribution in [3.63, 3.8) is 0 Å². The number of anilines is 3. The van der Waals surface area contributed by atoms with Crippen LogP contribution in [0.4, 0.5) is 17.1 Å². The maximum atomic E-state index is 7.17. The molecule has 0 unspecified atom stereocenters. The van der Waals surface area contributed by atoms with E-state index < -0.39 is 0 Å². The van der Waals surface area contributed by atoms with E-state index in [0.29, 0.717) is 22.3 Å². The number of nitrogens with zero attached hydrogens (tertiary/aromatic N) is 1. The monoisotopic (exact) mass is 805 g/mol. The van der Waals surface area contributed by atoms with Crippen LogP contribution in [0.1, 0.15) is 0 Å². The van der Waals surface area contributed by atoms with Crippen molar-refractivity contribution < 1.29 is 8.83 Å². The molecule has 3 nitrogen and oxygen atoms in total. The highest BCUT2D eigenvalue weighted by molar-refractivity contribution is 6.29. The summed E-state index contributed by atoms with van der Waals surface area (Å²) < 4.78 is 13.9. The third-order valence-electron chi connectivity index (χ3n) is 12.3. The van der Waals surface area contributed by atoms with Crippen molar-refractivity contribution in [2.45, 2.75) is 0 Å². The molecule has 0 fully saturated rings. The summed E-state index contributed by atoms with van der Waals surface area (Å²) in [5, 5.41) is 9.10. The number of rotatable bonds is 6. The molecule has 12 rings (SSSR count). The predicted octanol–water partition coefficient (Wildman–Crippen LogP) is 17.4. The van der Waals surface area contributed by atoms with Crippen molar-refractivity contribution in [3.05, 3.63) is 237 Å². The number of fused-ring (bicyclic) bond motifs is 11. The highest BCUT2D eigenvalue weighted by Gasteiger charge is 2.18. The molecule has 11 aromatic carbocycles. The van der Waals surface area contributed by atoms with E-state index in [-0.39, 0.29) is 0 Å². The van der Waals surface area contributed by atoms with Crippen LogP contribution in [0.3, 0.4) is 0 Å². The molecule has 0 bridgehead atoms. The van der Waals surface area contributed by atoms with E-state index in [1.807, 2.05) is 6.07 Å². The molecule has 1 heterocycles. The molecule has 0 N–H and O–H groups in total. The molecule has 0 aliphatic carbocycles. The molecule has 0 saturated heterocycles. The Morgan fingerprint density at radius 2 is 0.667 bits per heavy atom. The number of benzene rings is 10. The van der Waals surface area contributed by atoms with Crippen molar-refractivity contribution in [2.24, 2.45) is 0 Å². The summed E-state index contributed by atoms with van der Waals surface area (Å²) in [5.74, 6) is 0. The third kappa shape index (κ3) is 6.46. The van der Waals surface area contributed by atoms with Crippen LogP contribution in [0.25, 0.3) is 98.8 Å². The molecule has 63 heavy (non-hydrogen) atoms. The van der Waals surface area contributed by atoms with Crippen LogP contribution in [0.2, 0.25) is 0 Å². The van der Waals surface area contributed by atoms with Gasteiger partial charge in [-0.1, -0.05) is 176 Å². The van der Waals surface area contributed by atoms with Crippen LogP contribution in [0.15, 0.2) is 245 Å². The topological polar surface area (TPSA) is 29.5 Å². The van der Waals surface area contributed by atoms with Crippen molar-refractivity contribution >= 4 is 82.5 Å². The second-order valence-electron chi connectivity index (χ2n) is 16.0. The molecule has 0 spiro atoms. The Balaban J connectivity index is 1.08. The lowest BCUT2D eigenvalue weighted by molar-refractivity contribution is 0.584. The second-order valence-corrected chi connectivity index (χ2v) is 16.0. The van der Waals surface area contributed by atoms with Crippen LogP contribution in [-0.2, 0) is 0 Å². The van der Waals surface area contributed by atoms with Gasteiger partial charge in [0.1, 0.15) is 0 Å². The molecule has 0 amide bonds. The van der Waals surface area contributed by atoms with Crippen LogP contribution < -0.4 is 4.90 Å². The normalized spacial score (nSPS) is 11.5. The van der Waals surface area contributed by atoms with Gasteiger partial charge in [0.25, 0.3) is 0 Å². The lowest BCUT2D eigenvalue weighted by atomic mass is 9.94. The van der Waals surface area contributed by atoms with E-state index in [1.165, 1.54) is 32.8 Å². The smallest absolute Gasteiger partial charge is 0.178 e. The lowest BCUT2D eigenvalue weighted by Crippen LogP contribution is -2.10. The minimum Gasteiger partial charge on any atom is -0.449 e. The molecule has 0 saturated carbocycles. The van der Waals surface area contributed by atoms with Crippen LogP contribution >= 0.6 is 0 Å². The fourth-order valence-electron chi connectivity index (χ4n) is 9.32. The van der Waals surface area contributed by atoms with Gasteiger partial charge in [-0.05, 0) is 126 Å². The van der Waals surface area contributed by atoms with E-state index in [9.17, 15) is 0 Å². The molecule has 0 aliphatic rings. The van der Waals surface area contributed by atoms with Gasteiger partial charge in [-0.15, -0.1) is 0 Å². The summed E-state index contributed by atoms with van der Waals surface area (Å²) in [6, 6.07) is 84.0. The van der Waals surface area contributed by atoms with Gasteiger partial charge in [-0.3, -0.25) is 0 Å². The molecular formula is C60H39NO2. The Hall–Kier alpha value is -8.40. The van der Waals surface area contributed by atoms with Gasteiger partial charge in [-0.2, -0.15) is 0 Å². The van der Waals surface area contributed by atoms with Gasteiger partial charge in [0.05, 0.1) is 5.69 Å². The first kappa shape index (κ1) is 36.5. The quantitative estimate of drug-likeness (QED) is 0.157. The van der Waals surface area contributed by atoms with Crippen LogP contribution in [-0.4, -0.2) is 0 Å². The Labute approximate surface area is 364 Å².